The summed E-state index contributed by atoms with van der Waals surface area (Å²) in [5.74, 6) is 0. The molecule has 1 aromatic rings. The minimum absolute atomic E-state index is 0.191. The first kappa shape index (κ1) is 15.3. The van der Waals surface area contributed by atoms with Crippen LogP contribution < -0.4 is 5.32 Å². The second-order valence-electron chi connectivity index (χ2n) is 4.92. The smallest absolute Gasteiger partial charge is 0.409 e. The van der Waals surface area contributed by atoms with Crippen LogP contribution in [0.4, 0.5) is 4.79 Å². The van der Waals surface area contributed by atoms with Gasteiger partial charge in [0.15, 0.2) is 0 Å². The summed E-state index contributed by atoms with van der Waals surface area (Å²) >= 11 is 1.73. The molecule has 0 radical (unpaired) electrons. The highest BCUT2D eigenvalue weighted by molar-refractivity contribution is 7.09. The fourth-order valence-corrected chi connectivity index (χ4v) is 3.12. The average Bonchev–Trinajstić information content (AvgIpc) is 3.08. The van der Waals surface area contributed by atoms with E-state index in [1.54, 1.807) is 16.2 Å². The van der Waals surface area contributed by atoms with Gasteiger partial charge in [0.2, 0.25) is 0 Å². The minimum atomic E-state index is -0.191. The SMILES string of the molecule is CCOC(=O)N1CC[C@H](NCCc2csc(CC)n2)C1. The topological polar surface area (TPSA) is 54.5 Å². The van der Waals surface area contributed by atoms with Crippen molar-refractivity contribution >= 4 is 17.4 Å². The molecule has 2 heterocycles. The molecule has 1 N–H and O–H groups in total. The van der Waals surface area contributed by atoms with E-state index in [9.17, 15) is 4.79 Å². The number of rotatable bonds is 6. The van der Waals surface area contributed by atoms with Gasteiger partial charge in [-0.15, -0.1) is 11.3 Å². The lowest BCUT2D eigenvalue weighted by Gasteiger charge is -2.16. The molecule has 1 atom stereocenters. The molecule has 20 heavy (non-hydrogen) atoms. The zero-order chi connectivity index (χ0) is 14.4. The maximum absolute atomic E-state index is 11.6. The summed E-state index contributed by atoms with van der Waals surface area (Å²) in [6.45, 7) is 6.85. The van der Waals surface area contributed by atoms with Gasteiger partial charge in [-0.05, 0) is 19.8 Å². The molecule has 6 heteroatoms. The number of likely N-dealkylation sites (tertiary alicyclic amines) is 1. The molecule has 2 rings (SSSR count). The summed E-state index contributed by atoms with van der Waals surface area (Å²) in [5, 5.41) is 6.84. The lowest BCUT2D eigenvalue weighted by atomic mass is 10.2. The van der Waals surface area contributed by atoms with E-state index < -0.39 is 0 Å². The number of aryl methyl sites for hydroxylation is 1. The Morgan fingerprint density at radius 3 is 3.15 bits per heavy atom. The predicted molar refractivity (Wildman–Crippen MR) is 80.2 cm³/mol. The number of hydrogen-bond donors (Lipinski definition) is 1. The predicted octanol–water partition coefficient (Wildman–Crippen LogP) is 2.07. The monoisotopic (exact) mass is 297 g/mol. The summed E-state index contributed by atoms with van der Waals surface area (Å²) in [5.41, 5.74) is 1.17. The Balaban J connectivity index is 1.66. The summed E-state index contributed by atoms with van der Waals surface area (Å²) in [6.07, 6.45) is 2.77. The third-order valence-electron chi connectivity index (χ3n) is 3.43. The lowest BCUT2D eigenvalue weighted by Crippen LogP contribution is -2.36. The largest absolute Gasteiger partial charge is 0.450 e. The number of nitrogens with one attached hydrogen (secondary N) is 1. The van der Waals surface area contributed by atoms with Crippen molar-refractivity contribution in [3.05, 3.63) is 16.1 Å². The van der Waals surface area contributed by atoms with E-state index in [2.05, 4.69) is 22.6 Å². The Kier molecular flexibility index (Phi) is 5.79. The molecule has 0 spiro atoms. The van der Waals surface area contributed by atoms with Crippen molar-refractivity contribution in [2.24, 2.45) is 0 Å². The fourth-order valence-electron chi connectivity index (χ4n) is 2.34. The van der Waals surface area contributed by atoms with E-state index in [-0.39, 0.29) is 6.09 Å². The van der Waals surface area contributed by atoms with E-state index in [1.807, 2.05) is 6.92 Å². The number of amides is 1. The van der Waals surface area contributed by atoms with Gasteiger partial charge in [-0.3, -0.25) is 0 Å². The van der Waals surface area contributed by atoms with E-state index in [4.69, 9.17) is 4.74 Å². The Morgan fingerprint density at radius 2 is 2.45 bits per heavy atom. The molecular formula is C14H23N3O2S. The van der Waals surface area contributed by atoms with Gasteiger partial charge in [-0.2, -0.15) is 0 Å². The molecule has 0 bridgehead atoms. The normalized spacial score (nSPS) is 18.5. The summed E-state index contributed by atoms with van der Waals surface area (Å²) in [7, 11) is 0. The molecule has 0 aliphatic carbocycles. The number of nitrogens with zero attached hydrogens (tertiary/aromatic N) is 2. The molecule has 1 saturated heterocycles. The van der Waals surface area contributed by atoms with Crippen LogP contribution in [0.1, 0.15) is 31.0 Å². The third kappa shape index (κ3) is 4.18. The van der Waals surface area contributed by atoms with Crippen LogP contribution in [0.5, 0.6) is 0 Å². The third-order valence-corrected chi connectivity index (χ3v) is 4.47. The molecule has 0 aromatic carbocycles. The zero-order valence-electron chi connectivity index (χ0n) is 12.2. The van der Waals surface area contributed by atoms with Crippen LogP contribution in [0.3, 0.4) is 0 Å². The molecule has 0 unspecified atom stereocenters. The van der Waals surface area contributed by atoms with Crippen LogP contribution >= 0.6 is 11.3 Å². The van der Waals surface area contributed by atoms with Gasteiger partial charge in [0, 0.05) is 37.5 Å². The average molecular weight is 297 g/mol. The first-order valence-electron chi connectivity index (χ1n) is 7.31. The lowest BCUT2D eigenvalue weighted by molar-refractivity contribution is 0.115. The Morgan fingerprint density at radius 1 is 1.60 bits per heavy atom. The Bertz CT molecular complexity index is 436. The van der Waals surface area contributed by atoms with Crippen molar-refractivity contribution in [3.8, 4) is 0 Å². The summed E-state index contributed by atoms with van der Waals surface area (Å²) in [6, 6.07) is 0.378. The maximum atomic E-state index is 11.6. The van der Waals surface area contributed by atoms with Crippen molar-refractivity contribution in [2.75, 3.05) is 26.2 Å². The minimum Gasteiger partial charge on any atom is -0.450 e. The van der Waals surface area contributed by atoms with E-state index in [0.29, 0.717) is 12.6 Å². The Labute approximate surface area is 124 Å². The van der Waals surface area contributed by atoms with Crippen LogP contribution in [-0.2, 0) is 17.6 Å². The second kappa shape index (κ2) is 7.59. The number of carbonyl (C=O) groups excluding carboxylic acids is 1. The molecule has 1 aliphatic rings. The van der Waals surface area contributed by atoms with Crippen LogP contribution in [0.15, 0.2) is 5.38 Å². The van der Waals surface area contributed by atoms with Crippen LogP contribution in [0, 0.1) is 0 Å². The molecular weight excluding hydrogens is 274 g/mol. The molecule has 1 amide bonds. The number of thiazole rings is 1. The van der Waals surface area contributed by atoms with Gasteiger partial charge in [0.1, 0.15) is 0 Å². The van der Waals surface area contributed by atoms with Crippen molar-refractivity contribution in [1.82, 2.24) is 15.2 Å². The quantitative estimate of drug-likeness (QED) is 0.873. The first-order valence-corrected chi connectivity index (χ1v) is 8.19. The van der Waals surface area contributed by atoms with Gasteiger partial charge in [0.05, 0.1) is 17.3 Å². The van der Waals surface area contributed by atoms with Crippen LogP contribution in [0.25, 0.3) is 0 Å². The van der Waals surface area contributed by atoms with Gasteiger partial charge in [-0.1, -0.05) is 6.92 Å². The molecule has 112 valence electrons. The van der Waals surface area contributed by atoms with E-state index >= 15 is 0 Å². The van der Waals surface area contributed by atoms with Gasteiger partial charge in [-0.25, -0.2) is 9.78 Å². The molecule has 5 nitrogen and oxygen atoms in total. The van der Waals surface area contributed by atoms with Crippen molar-refractivity contribution in [1.29, 1.82) is 0 Å². The van der Waals surface area contributed by atoms with Crippen molar-refractivity contribution < 1.29 is 9.53 Å². The number of carbonyl (C=O) groups is 1. The number of ether oxygens (including phenoxy) is 1. The number of hydrogen-bond acceptors (Lipinski definition) is 5. The summed E-state index contributed by atoms with van der Waals surface area (Å²) in [4.78, 5) is 17.9. The van der Waals surface area contributed by atoms with Crippen LogP contribution in [0.2, 0.25) is 0 Å². The molecule has 1 aromatic heterocycles. The second-order valence-corrected chi connectivity index (χ2v) is 5.86. The van der Waals surface area contributed by atoms with Gasteiger partial charge >= 0.3 is 6.09 Å². The van der Waals surface area contributed by atoms with E-state index in [1.165, 1.54) is 10.7 Å². The van der Waals surface area contributed by atoms with Gasteiger partial charge in [0.25, 0.3) is 0 Å². The number of aromatic nitrogens is 1. The molecule has 1 aliphatic heterocycles. The van der Waals surface area contributed by atoms with E-state index in [0.717, 1.165) is 38.9 Å². The van der Waals surface area contributed by atoms with Crippen molar-refractivity contribution in [3.63, 3.8) is 0 Å². The maximum Gasteiger partial charge on any atom is 0.409 e. The standard InChI is InChI=1S/C14H23N3O2S/c1-3-13-16-12(10-20-13)5-7-15-11-6-8-17(9-11)14(18)19-4-2/h10-11,15H,3-9H2,1-2H3/t11-/m0/s1. The first-order chi connectivity index (χ1) is 9.72. The highest BCUT2D eigenvalue weighted by Gasteiger charge is 2.26. The van der Waals surface area contributed by atoms with Crippen LogP contribution in [-0.4, -0.2) is 48.3 Å². The fraction of sp³-hybridized carbons (Fsp3) is 0.714. The highest BCUT2D eigenvalue weighted by Crippen LogP contribution is 2.12. The summed E-state index contributed by atoms with van der Waals surface area (Å²) < 4.78 is 5.01. The molecule has 0 saturated carbocycles. The molecule has 1 fully saturated rings. The Hall–Kier alpha value is -1.14. The van der Waals surface area contributed by atoms with Crippen molar-refractivity contribution in [2.45, 2.75) is 39.2 Å². The zero-order valence-corrected chi connectivity index (χ0v) is 13.0. The van der Waals surface area contributed by atoms with Gasteiger partial charge < -0.3 is 15.0 Å². The highest BCUT2D eigenvalue weighted by atomic mass is 32.1.